The summed E-state index contributed by atoms with van der Waals surface area (Å²) >= 11 is 2.05. The molecule has 0 bridgehead atoms. The lowest BCUT2D eigenvalue weighted by Gasteiger charge is -2.32. The highest BCUT2D eigenvalue weighted by molar-refractivity contribution is 7.99. The molecule has 98 valence electrons. The third-order valence-corrected chi connectivity index (χ3v) is 5.93. The lowest BCUT2D eigenvalue weighted by Crippen LogP contribution is -2.28. The first-order valence-electron chi connectivity index (χ1n) is 7.27. The number of thioether (sulfide) groups is 1. The van der Waals surface area contributed by atoms with Crippen molar-refractivity contribution in [2.45, 2.75) is 52.4 Å². The highest BCUT2D eigenvalue weighted by Crippen LogP contribution is 2.35. The van der Waals surface area contributed by atoms with Gasteiger partial charge in [0.1, 0.15) is 5.78 Å². The van der Waals surface area contributed by atoms with Gasteiger partial charge in [-0.1, -0.05) is 13.8 Å². The normalized spacial score (nSPS) is 35.8. The van der Waals surface area contributed by atoms with Gasteiger partial charge in [-0.15, -0.1) is 0 Å². The lowest BCUT2D eigenvalue weighted by atomic mass is 9.73. The number of ketones is 1. The molecule has 2 heteroatoms. The molecule has 3 atom stereocenters. The van der Waals surface area contributed by atoms with Crippen molar-refractivity contribution in [2.24, 2.45) is 23.7 Å². The molecular formula is C15H26OS. The SMILES string of the molecule is CC1CCC(C(=O)CC2CCSCC2)CC1C. The summed E-state index contributed by atoms with van der Waals surface area (Å²) in [5, 5.41) is 0. The summed E-state index contributed by atoms with van der Waals surface area (Å²) in [5.74, 6) is 5.81. The fraction of sp³-hybridized carbons (Fsp3) is 0.933. The van der Waals surface area contributed by atoms with E-state index in [9.17, 15) is 4.79 Å². The first-order valence-corrected chi connectivity index (χ1v) is 8.42. The molecule has 2 aliphatic rings. The van der Waals surface area contributed by atoms with Gasteiger partial charge >= 0.3 is 0 Å². The molecule has 2 rings (SSSR count). The van der Waals surface area contributed by atoms with E-state index in [2.05, 4.69) is 25.6 Å². The maximum atomic E-state index is 12.3. The minimum atomic E-state index is 0.399. The second-order valence-corrected chi connectivity index (χ2v) is 7.42. The van der Waals surface area contributed by atoms with E-state index in [4.69, 9.17) is 0 Å². The van der Waals surface area contributed by atoms with Crippen molar-refractivity contribution in [1.29, 1.82) is 0 Å². The Hall–Kier alpha value is 0.0200. The number of Topliss-reactive ketones (excluding diaryl/α,β-unsaturated/α-hetero) is 1. The Labute approximate surface area is 110 Å². The van der Waals surface area contributed by atoms with Gasteiger partial charge in [0.2, 0.25) is 0 Å². The average molecular weight is 254 g/mol. The van der Waals surface area contributed by atoms with Crippen LogP contribution >= 0.6 is 11.8 Å². The molecule has 0 radical (unpaired) electrons. The molecule has 0 N–H and O–H groups in total. The van der Waals surface area contributed by atoms with Crippen LogP contribution in [0, 0.1) is 23.7 Å². The number of hydrogen-bond donors (Lipinski definition) is 0. The molecular weight excluding hydrogens is 228 g/mol. The Bertz CT molecular complexity index is 258. The largest absolute Gasteiger partial charge is 0.299 e. The Morgan fingerprint density at radius 3 is 2.41 bits per heavy atom. The molecule has 0 amide bonds. The fourth-order valence-corrected chi connectivity index (χ4v) is 4.45. The van der Waals surface area contributed by atoms with E-state index >= 15 is 0 Å². The third kappa shape index (κ3) is 3.74. The first kappa shape index (κ1) is 13.5. The molecule has 1 saturated heterocycles. The molecule has 0 aromatic heterocycles. The number of hydrogen-bond acceptors (Lipinski definition) is 2. The van der Waals surface area contributed by atoms with Crippen molar-refractivity contribution < 1.29 is 4.79 Å². The van der Waals surface area contributed by atoms with Crippen molar-refractivity contribution in [1.82, 2.24) is 0 Å². The molecule has 0 aromatic rings. The summed E-state index contributed by atoms with van der Waals surface area (Å²) < 4.78 is 0. The topological polar surface area (TPSA) is 17.1 Å². The Balaban J connectivity index is 1.79. The summed E-state index contributed by atoms with van der Waals surface area (Å²) in [6.45, 7) is 4.66. The summed E-state index contributed by atoms with van der Waals surface area (Å²) in [6.07, 6.45) is 7.00. The molecule has 3 unspecified atom stereocenters. The Morgan fingerprint density at radius 1 is 1.06 bits per heavy atom. The minimum absolute atomic E-state index is 0.399. The van der Waals surface area contributed by atoms with Gasteiger partial charge in [0.25, 0.3) is 0 Å². The maximum Gasteiger partial charge on any atom is 0.136 e. The van der Waals surface area contributed by atoms with Crippen LogP contribution in [-0.2, 0) is 4.79 Å². The smallest absolute Gasteiger partial charge is 0.136 e. The minimum Gasteiger partial charge on any atom is -0.299 e. The van der Waals surface area contributed by atoms with Crippen molar-refractivity contribution in [2.75, 3.05) is 11.5 Å². The van der Waals surface area contributed by atoms with E-state index in [0.717, 1.165) is 31.1 Å². The zero-order valence-corrected chi connectivity index (χ0v) is 12.1. The Morgan fingerprint density at radius 2 is 1.76 bits per heavy atom. The highest BCUT2D eigenvalue weighted by Gasteiger charge is 2.30. The molecule has 1 heterocycles. The summed E-state index contributed by atoms with van der Waals surface area (Å²) in [4.78, 5) is 12.3. The fourth-order valence-electron chi connectivity index (χ4n) is 3.24. The number of rotatable bonds is 3. The van der Waals surface area contributed by atoms with E-state index in [1.54, 1.807) is 0 Å². The van der Waals surface area contributed by atoms with E-state index in [-0.39, 0.29) is 0 Å². The van der Waals surface area contributed by atoms with Crippen molar-refractivity contribution in [3.8, 4) is 0 Å². The van der Waals surface area contributed by atoms with Crippen LogP contribution < -0.4 is 0 Å². The highest BCUT2D eigenvalue weighted by atomic mass is 32.2. The van der Waals surface area contributed by atoms with Crippen LogP contribution in [0.25, 0.3) is 0 Å². The van der Waals surface area contributed by atoms with Crippen molar-refractivity contribution in [3.05, 3.63) is 0 Å². The lowest BCUT2D eigenvalue weighted by molar-refractivity contribution is -0.125. The van der Waals surface area contributed by atoms with Crippen LogP contribution in [0.5, 0.6) is 0 Å². The van der Waals surface area contributed by atoms with Gasteiger partial charge in [0.15, 0.2) is 0 Å². The quantitative estimate of drug-likeness (QED) is 0.752. The van der Waals surface area contributed by atoms with Gasteiger partial charge < -0.3 is 0 Å². The van der Waals surface area contributed by atoms with Gasteiger partial charge in [-0.3, -0.25) is 4.79 Å². The number of carbonyl (C=O) groups is 1. The predicted molar refractivity (Wildman–Crippen MR) is 75.3 cm³/mol. The van der Waals surface area contributed by atoms with Crippen LogP contribution in [0.1, 0.15) is 52.4 Å². The predicted octanol–water partition coefficient (Wildman–Crippen LogP) is 4.16. The molecule has 0 aromatic carbocycles. The summed E-state index contributed by atoms with van der Waals surface area (Å²) in [6, 6.07) is 0. The number of carbonyl (C=O) groups excluding carboxylic acids is 1. The third-order valence-electron chi connectivity index (χ3n) is 4.88. The molecule has 0 spiro atoms. The van der Waals surface area contributed by atoms with Crippen LogP contribution in [0.2, 0.25) is 0 Å². The monoisotopic (exact) mass is 254 g/mol. The molecule has 1 nitrogen and oxygen atoms in total. The first-order chi connectivity index (χ1) is 8.16. The van der Waals surface area contributed by atoms with Crippen LogP contribution in [0.15, 0.2) is 0 Å². The Kier molecular flexibility index (Phi) is 4.96. The van der Waals surface area contributed by atoms with Crippen LogP contribution in [0.4, 0.5) is 0 Å². The van der Waals surface area contributed by atoms with Crippen LogP contribution in [0.3, 0.4) is 0 Å². The van der Waals surface area contributed by atoms with E-state index in [1.807, 2.05) is 0 Å². The van der Waals surface area contributed by atoms with E-state index < -0.39 is 0 Å². The van der Waals surface area contributed by atoms with Crippen molar-refractivity contribution >= 4 is 17.5 Å². The summed E-state index contributed by atoms with van der Waals surface area (Å²) in [5.41, 5.74) is 0. The molecule has 17 heavy (non-hydrogen) atoms. The van der Waals surface area contributed by atoms with E-state index in [0.29, 0.717) is 17.6 Å². The van der Waals surface area contributed by atoms with Gasteiger partial charge in [-0.25, -0.2) is 0 Å². The second kappa shape index (κ2) is 6.26. The second-order valence-electron chi connectivity index (χ2n) is 6.19. The molecule has 1 saturated carbocycles. The maximum absolute atomic E-state index is 12.3. The standard InChI is InChI=1S/C15H26OS/c1-11-3-4-14(9-12(11)2)15(16)10-13-5-7-17-8-6-13/h11-14H,3-10H2,1-2H3. The van der Waals surface area contributed by atoms with E-state index in [1.165, 1.54) is 30.8 Å². The van der Waals surface area contributed by atoms with Gasteiger partial charge in [-0.2, -0.15) is 11.8 Å². The van der Waals surface area contributed by atoms with Crippen molar-refractivity contribution in [3.63, 3.8) is 0 Å². The van der Waals surface area contributed by atoms with Gasteiger partial charge in [0.05, 0.1) is 0 Å². The summed E-state index contributed by atoms with van der Waals surface area (Å²) in [7, 11) is 0. The molecule has 2 fully saturated rings. The van der Waals surface area contributed by atoms with Gasteiger partial charge in [-0.05, 0) is 61.4 Å². The zero-order valence-electron chi connectivity index (χ0n) is 11.3. The zero-order chi connectivity index (χ0) is 12.3. The molecule has 1 aliphatic heterocycles. The average Bonchev–Trinajstić information content (AvgIpc) is 2.34. The van der Waals surface area contributed by atoms with Gasteiger partial charge in [0, 0.05) is 12.3 Å². The van der Waals surface area contributed by atoms with Crippen LogP contribution in [-0.4, -0.2) is 17.3 Å². The molecule has 1 aliphatic carbocycles.